The van der Waals surface area contributed by atoms with Gasteiger partial charge in [-0.25, -0.2) is 18.4 Å². The number of fused-ring (bicyclic) bond motifs is 2. The summed E-state index contributed by atoms with van der Waals surface area (Å²) in [5.74, 6) is -5.28. The lowest BCUT2D eigenvalue weighted by atomic mass is 9.83. The topological polar surface area (TPSA) is 132 Å². The molecule has 280 valence electrons. The van der Waals surface area contributed by atoms with Gasteiger partial charge in [-0.1, -0.05) is 23.8 Å². The van der Waals surface area contributed by atoms with E-state index in [2.05, 4.69) is 22.0 Å². The second-order valence-corrected chi connectivity index (χ2v) is 13.2. The van der Waals surface area contributed by atoms with E-state index < -0.39 is 65.3 Å². The summed E-state index contributed by atoms with van der Waals surface area (Å²) in [4.78, 5) is 52.4. The molecule has 3 aliphatic rings. The van der Waals surface area contributed by atoms with Crippen LogP contribution in [0.15, 0.2) is 66.2 Å². The molecule has 3 amide bonds. The van der Waals surface area contributed by atoms with Gasteiger partial charge in [0.1, 0.15) is 17.4 Å². The molecule has 3 N–H and O–H groups in total. The van der Waals surface area contributed by atoms with Gasteiger partial charge in [0, 0.05) is 35.8 Å². The molecule has 10 nitrogen and oxygen atoms in total. The maximum absolute atomic E-state index is 15.4. The Labute approximate surface area is 301 Å². The zero-order valence-electron chi connectivity index (χ0n) is 28.8. The van der Waals surface area contributed by atoms with E-state index in [1.807, 2.05) is 0 Å². The third-order valence-corrected chi connectivity index (χ3v) is 9.98. The van der Waals surface area contributed by atoms with Crippen molar-refractivity contribution in [1.29, 1.82) is 0 Å². The molecule has 0 spiro atoms. The van der Waals surface area contributed by atoms with E-state index in [1.165, 1.54) is 44.5 Å². The fraction of sp³-hybridized carbons (Fsp3) is 0.368. The molecule has 6 rings (SSSR count). The van der Waals surface area contributed by atoms with E-state index in [1.54, 1.807) is 0 Å². The van der Waals surface area contributed by atoms with Crippen LogP contribution in [0.25, 0.3) is 11.1 Å². The van der Waals surface area contributed by atoms with E-state index in [9.17, 15) is 36.7 Å². The molecule has 5 atom stereocenters. The normalized spacial score (nSPS) is 21.8. The Morgan fingerprint density at radius 2 is 1.60 bits per heavy atom. The Hall–Kier alpha value is -5.47. The monoisotopic (exact) mass is 741 g/mol. The lowest BCUT2D eigenvalue weighted by molar-refractivity contribution is -0.151. The quantitative estimate of drug-likeness (QED) is 0.116. The zero-order chi connectivity index (χ0) is 38.2. The van der Waals surface area contributed by atoms with Crippen LogP contribution in [0, 0.1) is 35.3 Å². The lowest BCUT2D eigenvalue weighted by Gasteiger charge is -2.30. The molecule has 0 heterocycles. The van der Waals surface area contributed by atoms with Crippen molar-refractivity contribution in [3.8, 4) is 16.9 Å². The molecule has 3 fully saturated rings. The van der Waals surface area contributed by atoms with Gasteiger partial charge in [0.2, 0.25) is 12.0 Å². The minimum atomic E-state index is -4.98. The van der Waals surface area contributed by atoms with Crippen LogP contribution in [0.1, 0.15) is 53.3 Å². The van der Waals surface area contributed by atoms with Crippen LogP contribution >= 0.6 is 0 Å². The number of rotatable bonds is 10. The first-order chi connectivity index (χ1) is 25.2. The Morgan fingerprint density at radius 3 is 2.26 bits per heavy atom. The van der Waals surface area contributed by atoms with Crippen LogP contribution in [-0.2, 0) is 25.2 Å². The highest BCUT2D eigenvalue weighted by atomic mass is 19.4. The second-order valence-electron chi connectivity index (χ2n) is 13.2. The van der Waals surface area contributed by atoms with Crippen LogP contribution in [0.2, 0.25) is 0 Å². The standard InChI is InChI=1S/C38H36F5N3O7/c1-44-37(50)53-33(36(49)52-3)20-6-11-28(39)24(16-20)19-7-13-30(51-2)26(15-19)34(47)46-32-23-10-9-22(25(23)14-18-4-5-18)31(32)35(48)45-21-8-12-29(40)27(17-21)38(41,42)43/h6-8,11-18,22-23,31-33H,4-5,9-10H2,1-3H3,(H,44,50)(H,45,48)(H,46,47)/b25-14-/t22?,23?,31-,32?,33?/m0/s1. The number of hydrogen-bond donors (Lipinski definition) is 3. The molecule has 3 aromatic carbocycles. The van der Waals surface area contributed by atoms with Crippen LogP contribution in [-0.4, -0.2) is 51.2 Å². The van der Waals surface area contributed by atoms with E-state index in [0.29, 0.717) is 30.9 Å². The fourth-order valence-electron chi connectivity index (χ4n) is 7.34. The number of carbonyl (C=O) groups is 4. The fourth-order valence-corrected chi connectivity index (χ4v) is 7.34. The number of hydrogen-bond acceptors (Lipinski definition) is 7. The van der Waals surface area contributed by atoms with E-state index in [-0.39, 0.29) is 45.5 Å². The van der Waals surface area contributed by atoms with Gasteiger partial charge in [0.25, 0.3) is 5.91 Å². The molecule has 15 heteroatoms. The van der Waals surface area contributed by atoms with Crippen molar-refractivity contribution >= 4 is 29.6 Å². The average Bonchev–Trinajstić information content (AvgIpc) is 3.82. The number of carbonyl (C=O) groups excluding carboxylic acids is 4. The van der Waals surface area contributed by atoms with Crippen molar-refractivity contribution in [3.05, 3.63) is 94.6 Å². The number of halogens is 5. The van der Waals surface area contributed by atoms with Gasteiger partial charge in [0.15, 0.2) is 0 Å². The van der Waals surface area contributed by atoms with Gasteiger partial charge in [-0.3, -0.25) is 9.59 Å². The van der Waals surface area contributed by atoms with Crippen LogP contribution in [0.5, 0.6) is 5.75 Å². The summed E-state index contributed by atoms with van der Waals surface area (Å²) >= 11 is 0. The second kappa shape index (κ2) is 14.9. The smallest absolute Gasteiger partial charge is 0.419 e. The minimum absolute atomic E-state index is 0.0102. The molecule has 3 aliphatic carbocycles. The van der Waals surface area contributed by atoms with E-state index in [0.717, 1.165) is 37.7 Å². The third-order valence-electron chi connectivity index (χ3n) is 9.98. The van der Waals surface area contributed by atoms with Crippen molar-refractivity contribution in [2.24, 2.45) is 23.7 Å². The molecule has 0 aliphatic heterocycles. The summed E-state index contributed by atoms with van der Waals surface area (Å²) in [6, 6.07) is 9.40. The lowest BCUT2D eigenvalue weighted by Crippen LogP contribution is -2.48. The summed E-state index contributed by atoms with van der Waals surface area (Å²) in [6.07, 6.45) is -2.01. The Kier molecular flexibility index (Phi) is 10.5. The van der Waals surface area contributed by atoms with Crippen molar-refractivity contribution in [2.75, 3.05) is 26.6 Å². The number of ether oxygens (including phenoxy) is 3. The van der Waals surface area contributed by atoms with E-state index in [4.69, 9.17) is 14.2 Å². The largest absolute Gasteiger partial charge is 0.496 e. The van der Waals surface area contributed by atoms with Crippen molar-refractivity contribution in [2.45, 2.75) is 44.0 Å². The zero-order valence-corrected chi connectivity index (χ0v) is 28.8. The molecular weight excluding hydrogens is 705 g/mol. The highest BCUT2D eigenvalue weighted by molar-refractivity contribution is 6.00. The highest BCUT2D eigenvalue weighted by Gasteiger charge is 2.55. The Balaban J connectivity index is 1.31. The number of amides is 3. The van der Waals surface area contributed by atoms with Crippen molar-refractivity contribution < 1.29 is 55.3 Å². The summed E-state index contributed by atoms with van der Waals surface area (Å²) < 4.78 is 85.1. The van der Waals surface area contributed by atoms with E-state index >= 15 is 4.39 Å². The first-order valence-corrected chi connectivity index (χ1v) is 16.9. The predicted octanol–water partition coefficient (Wildman–Crippen LogP) is 6.96. The maximum atomic E-state index is 15.4. The SMILES string of the molecule is CNC(=O)OC(C(=O)OC)c1ccc(F)c(-c2ccc(OC)c(C(=O)NC3C4CCC(/C4=C/C4CC4)[C@@H]3C(=O)Nc3ccc(F)c(C(F)(F)F)c3)c2)c1. The Bertz CT molecular complexity index is 1980. The summed E-state index contributed by atoms with van der Waals surface area (Å²) in [5, 5.41) is 7.74. The van der Waals surface area contributed by atoms with Gasteiger partial charge < -0.3 is 30.2 Å². The molecule has 0 radical (unpaired) electrons. The van der Waals surface area contributed by atoms with Crippen LogP contribution in [0.3, 0.4) is 0 Å². The number of alkyl carbamates (subject to hydrolysis) is 1. The minimum Gasteiger partial charge on any atom is -0.496 e. The first kappa shape index (κ1) is 37.3. The molecule has 2 bridgehead atoms. The molecule has 3 saturated carbocycles. The number of benzene rings is 3. The summed E-state index contributed by atoms with van der Waals surface area (Å²) in [7, 11) is 3.74. The molecule has 0 aromatic heterocycles. The number of esters is 1. The van der Waals surface area contributed by atoms with Gasteiger partial charge >= 0.3 is 18.2 Å². The summed E-state index contributed by atoms with van der Waals surface area (Å²) in [6.45, 7) is 0. The van der Waals surface area contributed by atoms with Crippen molar-refractivity contribution in [3.63, 3.8) is 0 Å². The Morgan fingerprint density at radius 1 is 0.887 bits per heavy atom. The van der Waals surface area contributed by atoms with Gasteiger partial charge in [-0.2, -0.15) is 13.2 Å². The van der Waals surface area contributed by atoms with Crippen LogP contribution < -0.4 is 20.7 Å². The van der Waals surface area contributed by atoms with Gasteiger partial charge in [0.05, 0.1) is 31.3 Å². The number of alkyl halides is 3. The molecule has 53 heavy (non-hydrogen) atoms. The maximum Gasteiger partial charge on any atom is 0.419 e. The molecule has 0 saturated heterocycles. The third kappa shape index (κ3) is 7.69. The number of methoxy groups -OCH3 is 2. The van der Waals surface area contributed by atoms with Crippen LogP contribution in [0.4, 0.5) is 32.4 Å². The average molecular weight is 742 g/mol. The number of allylic oxidation sites excluding steroid dienone is 1. The number of nitrogens with one attached hydrogen (secondary N) is 3. The molecule has 4 unspecified atom stereocenters. The number of anilines is 1. The molecule has 3 aromatic rings. The van der Waals surface area contributed by atoms with Gasteiger partial charge in [-0.05, 0) is 85.5 Å². The van der Waals surface area contributed by atoms with Gasteiger partial charge in [-0.15, -0.1) is 0 Å². The summed E-state index contributed by atoms with van der Waals surface area (Å²) in [5.41, 5.74) is -0.497. The molecular formula is C38H36F5N3O7. The highest BCUT2D eigenvalue weighted by Crippen LogP contribution is 2.54. The van der Waals surface area contributed by atoms with Crippen molar-refractivity contribution in [1.82, 2.24) is 10.6 Å². The predicted molar refractivity (Wildman–Crippen MR) is 180 cm³/mol. The first-order valence-electron chi connectivity index (χ1n) is 16.9.